The van der Waals surface area contributed by atoms with Crippen LogP contribution in [-0.2, 0) is 4.74 Å². The molecule has 0 aromatic heterocycles. The Hall–Kier alpha value is -1.02. The van der Waals surface area contributed by atoms with Crippen molar-refractivity contribution in [2.75, 3.05) is 38.2 Å². The van der Waals surface area contributed by atoms with Gasteiger partial charge in [0, 0.05) is 45.0 Å². The average Bonchev–Trinajstić information content (AvgIpc) is 3.09. The first kappa shape index (κ1) is 23.0. The van der Waals surface area contributed by atoms with Gasteiger partial charge in [-0.25, -0.2) is 0 Å². The van der Waals surface area contributed by atoms with Gasteiger partial charge in [-0.2, -0.15) is 0 Å². The number of aliphatic imine (C=N–C) groups is 1. The maximum absolute atomic E-state index is 5.81. The van der Waals surface area contributed by atoms with E-state index in [-0.39, 0.29) is 24.0 Å². The van der Waals surface area contributed by atoms with Gasteiger partial charge in [0.2, 0.25) is 0 Å². The highest BCUT2D eigenvalue weighted by Crippen LogP contribution is 2.19. The van der Waals surface area contributed by atoms with Crippen molar-refractivity contribution in [3.8, 4) is 0 Å². The second-order valence-corrected chi connectivity index (χ2v) is 6.94. The molecule has 1 aromatic rings. The Balaban J connectivity index is 0.00000338. The fourth-order valence-corrected chi connectivity index (χ4v) is 3.30. The van der Waals surface area contributed by atoms with Crippen molar-refractivity contribution in [1.82, 2.24) is 10.6 Å². The molecule has 2 unspecified atom stereocenters. The number of hydrogen-bond donors (Lipinski definition) is 2. The summed E-state index contributed by atoms with van der Waals surface area (Å²) in [6, 6.07) is 11.0. The molecule has 5 nitrogen and oxygen atoms in total. The van der Waals surface area contributed by atoms with Gasteiger partial charge in [-0.05, 0) is 37.8 Å². The van der Waals surface area contributed by atoms with Crippen LogP contribution in [0.15, 0.2) is 35.3 Å². The summed E-state index contributed by atoms with van der Waals surface area (Å²) in [7, 11) is 1.84. The van der Waals surface area contributed by atoms with Crippen molar-refractivity contribution in [3.63, 3.8) is 0 Å². The summed E-state index contributed by atoms with van der Waals surface area (Å²) in [5.41, 5.74) is 1.30. The number of anilines is 1. The van der Waals surface area contributed by atoms with Crippen molar-refractivity contribution >= 4 is 35.6 Å². The summed E-state index contributed by atoms with van der Waals surface area (Å²) in [5.74, 6) is 1.42. The standard InChI is InChI=1S/C20H34N4O.HI/c1-5-25-19(16(2)3)11-13-22-20(21-4)23-17-12-14-24(15-17)18-9-7-6-8-10-18;/h6-10,16-17,19H,5,11-15H2,1-4H3,(H2,21,22,23);1H. The minimum absolute atomic E-state index is 0. The molecule has 2 rings (SSSR count). The summed E-state index contributed by atoms with van der Waals surface area (Å²) < 4.78 is 5.81. The zero-order valence-electron chi connectivity index (χ0n) is 16.6. The van der Waals surface area contributed by atoms with Crippen LogP contribution < -0.4 is 15.5 Å². The molecule has 1 fully saturated rings. The lowest BCUT2D eigenvalue weighted by Gasteiger charge is -2.23. The van der Waals surface area contributed by atoms with Crippen molar-refractivity contribution < 1.29 is 4.74 Å². The van der Waals surface area contributed by atoms with Gasteiger partial charge in [0.25, 0.3) is 0 Å². The Bertz CT molecular complexity index is 524. The molecule has 2 atom stereocenters. The molecule has 148 valence electrons. The lowest BCUT2D eigenvalue weighted by Crippen LogP contribution is -2.45. The molecule has 6 heteroatoms. The lowest BCUT2D eigenvalue weighted by molar-refractivity contribution is 0.0258. The number of ether oxygens (including phenoxy) is 1. The van der Waals surface area contributed by atoms with E-state index in [1.54, 1.807) is 0 Å². The van der Waals surface area contributed by atoms with E-state index in [1.807, 2.05) is 7.05 Å². The largest absolute Gasteiger partial charge is 0.378 e. The number of benzene rings is 1. The first-order valence-corrected chi connectivity index (χ1v) is 9.52. The number of nitrogens with zero attached hydrogens (tertiary/aromatic N) is 2. The minimum Gasteiger partial charge on any atom is -0.378 e. The van der Waals surface area contributed by atoms with Crippen molar-refractivity contribution in [2.24, 2.45) is 10.9 Å². The molecule has 1 saturated heterocycles. The molecule has 0 aliphatic carbocycles. The Morgan fingerprint density at radius 3 is 2.65 bits per heavy atom. The molecule has 0 amide bonds. The van der Waals surface area contributed by atoms with Gasteiger partial charge < -0.3 is 20.3 Å². The lowest BCUT2D eigenvalue weighted by atomic mass is 10.0. The van der Waals surface area contributed by atoms with Crippen molar-refractivity contribution in [3.05, 3.63) is 30.3 Å². The van der Waals surface area contributed by atoms with Gasteiger partial charge in [0.05, 0.1) is 6.10 Å². The van der Waals surface area contributed by atoms with E-state index in [1.165, 1.54) is 5.69 Å². The third kappa shape index (κ3) is 7.31. The highest BCUT2D eigenvalue weighted by molar-refractivity contribution is 14.0. The number of halogens is 1. The van der Waals surface area contributed by atoms with Gasteiger partial charge in [0.15, 0.2) is 5.96 Å². The molecule has 1 heterocycles. The van der Waals surface area contributed by atoms with Crippen LogP contribution in [0.4, 0.5) is 5.69 Å². The van der Waals surface area contributed by atoms with E-state index < -0.39 is 0 Å². The monoisotopic (exact) mass is 474 g/mol. The fourth-order valence-electron chi connectivity index (χ4n) is 3.30. The predicted octanol–water partition coefficient (Wildman–Crippen LogP) is 3.50. The minimum atomic E-state index is 0. The quantitative estimate of drug-likeness (QED) is 0.344. The average molecular weight is 474 g/mol. The van der Waals surface area contributed by atoms with Crippen LogP contribution in [0.2, 0.25) is 0 Å². The summed E-state index contributed by atoms with van der Waals surface area (Å²) in [6.45, 7) is 10.2. The van der Waals surface area contributed by atoms with Gasteiger partial charge in [0.1, 0.15) is 0 Å². The maximum atomic E-state index is 5.81. The van der Waals surface area contributed by atoms with Gasteiger partial charge >= 0.3 is 0 Å². The zero-order chi connectivity index (χ0) is 18.1. The number of nitrogens with one attached hydrogen (secondary N) is 2. The second-order valence-electron chi connectivity index (χ2n) is 6.94. The van der Waals surface area contributed by atoms with Crippen molar-refractivity contribution in [2.45, 2.75) is 45.8 Å². The number of hydrogen-bond acceptors (Lipinski definition) is 3. The number of guanidine groups is 1. The topological polar surface area (TPSA) is 48.9 Å². The first-order valence-electron chi connectivity index (χ1n) is 9.52. The Labute approximate surface area is 176 Å². The van der Waals surface area contributed by atoms with Crippen LogP contribution >= 0.6 is 24.0 Å². The van der Waals surface area contributed by atoms with Gasteiger partial charge in [-0.15, -0.1) is 24.0 Å². The van der Waals surface area contributed by atoms with Crippen LogP contribution in [0, 0.1) is 5.92 Å². The first-order chi connectivity index (χ1) is 12.1. The van der Waals surface area contributed by atoms with Crippen LogP contribution in [0.1, 0.15) is 33.6 Å². The van der Waals surface area contributed by atoms with E-state index in [0.29, 0.717) is 18.1 Å². The number of para-hydroxylation sites is 1. The highest BCUT2D eigenvalue weighted by atomic mass is 127. The van der Waals surface area contributed by atoms with Crippen LogP contribution in [0.25, 0.3) is 0 Å². The molecular weight excluding hydrogens is 439 g/mol. The molecule has 1 aliphatic heterocycles. The summed E-state index contributed by atoms with van der Waals surface area (Å²) in [5, 5.41) is 6.99. The molecule has 0 spiro atoms. The van der Waals surface area contributed by atoms with Gasteiger partial charge in [-0.1, -0.05) is 32.0 Å². The fraction of sp³-hybridized carbons (Fsp3) is 0.650. The summed E-state index contributed by atoms with van der Waals surface area (Å²) in [4.78, 5) is 6.80. The van der Waals surface area contributed by atoms with E-state index >= 15 is 0 Å². The molecule has 2 N–H and O–H groups in total. The molecule has 0 saturated carbocycles. The molecule has 0 radical (unpaired) electrons. The second kappa shape index (κ2) is 12.4. The smallest absolute Gasteiger partial charge is 0.191 e. The SMILES string of the molecule is CCOC(CCNC(=NC)NC1CCN(c2ccccc2)C1)C(C)C.I. The van der Waals surface area contributed by atoms with Crippen molar-refractivity contribution in [1.29, 1.82) is 0 Å². The van der Waals surface area contributed by atoms with Crippen LogP contribution in [-0.4, -0.2) is 51.4 Å². The highest BCUT2D eigenvalue weighted by Gasteiger charge is 2.23. The Morgan fingerprint density at radius 2 is 2.04 bits per heavy atom. The molecule has 26 heavy (non-hydrogen) atoms. The number of rotatable bonds is 8. The Morgan fingerprint density at radius 1 is 1.31 bits per heavy atom. The zero-order valence-corrected chi connectivity index (χ0v) is 18.9. The molecule has 0 bridgehead atoms. The van der Waals surface area contributed by atoms with Crippen LogP contribution in [0.3, 0.4) is 0 Å². The van der Waals surface area contributed by atoms with E-state index in [9.17, 15) is 0 Å². The predicted molar refractivity (Wildman–Crippen MR) is 122 cm³/mol. The molecular formula is C20H35IN4O. The maximum Gasteiger partial charge on any atom is 0.191 e. The van der Waals surface area contributed by atoms with Crippen LogP contribution in [0.5, 0.6) is 0 Å². The third-order valence-corrected chi connectivity index (χ3v) is 4.72. The molecule has 1 aliphatic rings. The molecule has 1 aromatic carbocycles. The van der Waals surface area contributed by atoms with Gasteiger partial charge in [-0.3, -0.25) is 4.99 Å². The van der Waals surface area contributed by atoms with E-state index in [0.717, 1.165) is 45.0 Å². The normalized spacial score (nSPS) is 18.6. The third-order valence-electron chi connectivity index (χ3n) is 4.72. The van der Waals surface area contributed by atoms with E-state index in [2.05, 4.69) is 71.6 Å². The summed E-state index contributed by atoms with van der Waals surface area (Å²) >= 11 is 0. The summed E-state index contributed by atoms with van der Waals surface area (Å²) in [6.07, 6.45) is 2.42. The Kier molecular flexibility index (Phi) is 11.0. The van der Waals surface area contributed by atoms with E-state index in [4.69, 9.17) is 4.74 Å².